The third kappa shape index (κ3) is 3.25. The molecule has 0 amide bonds. The van der Waals surface area contributed by atoms with Crippen LogP contribution in [0.1, 0.15) is 17.1 Å². The average Bonchev–Trinajstić information content (AvgIpc) is 3.28. The van der Waals surface area contributed by atoms with Crippen LogP contribution in [-0.4, -0.2) is 12.7 Å². The van der Waals surface area contributed by atoms with E-state index in [0.29, 0.717) is 11.5 Å². The fraction of sp³-hybridized carbons (Fsp3) is 0.118. The van der Waals surface area contributed by atoms with Crippen LogP contribution in [0, 0.1) is 11.3 Å². The van der Waals surface area contributed by atoms with Gasteiger partial charge in [-0.1, -0.05) is 12.1 Å². The summed E-state index contributed by atoms with van der Waals surface area (Å²) in [6.07, 6.45) is 2.96. The Kier molecular flexibility index (Phi) is 4.51. The van der Waals surface area contributed by atoms with E-state index >= 15 is 0 Å². The summed E-state index contributed by atoms with van der Waals surface area (Å²) in [7, 11) is -3.91. The van der Waals surface area contributed by atoms with E-state index in [1.807, 2.05) is 6.07 Å². The van der Waals surface area contributed by atoms with Gasteiger partial charge in [-0.2, -0.15) is 9.57 Å². The molecule has 7 heteroatoms. The number of hydrogen-bond donors (Lipinski definition) is 0. The van der Waals surface area contributed by atoms with Crippen LogP contribution in [-0.2, 0) is 23.1 Å². The van der Waals surface area contributed by atoms with E-state index < -0.39 is 10.0 Å². The highest BCUT2D eigenvalue weighted by Crippen LogP contribution is 2.24. The summed E-state index contributed by atoms with van der Waals surface area (Å²) in [5.41, 5.74) is 0.0985. The van der Waals surface area contributed by atoms with Crippen LogP contribution in [0.5, 0.6) is 0 Å². The molecular weight excluding hydrogens is 328 g/mol. The molecule has 0 saturated carbocycles. The maximum absolute atomic E-state index is 13.1. The Balaban J connectivity index is 2.01. The molecule has 0 radical (unpaired) electrons. The van der Waals surface area contributed by atoms with E-state index in [9.17, 15) is 13.7 Å². The quantitative estimate of drug-likeness (QED) is 0.687. The molecule has 122 valence electrons. The maximum atomic E-state index is 13.1. The molecule has 0 aliphatic rings. The molecule has 6 nitrogen and oxygen atoms in total. The molecule has 1 aromatic carbocycles. The SMILES string of the molecule is N#Cc1ccccc1S(=O)(=O)N(Cc1ccco1)Cc1ccco1. The first-order valence-electron chi connectivity index (χ1n) is 7.15. The summed E-state index contributed by atoms with van der Waals surface area (Å²) in [5, 5.41) is 9.21. The molecule has 0 saturated heterocycles. The topological polar surface area (TPSA) is 87.5 Å². The number of nitrogens with zero attached hydrogens (tertiary/aromatic N) is 2. The summed E-state index contributed by atoms with van der Waals surface area (Å²) < 4.78 is 37.9. The van der Waals surface area contributed by atoms with Crippen LogP contribution in [0.3, 0.4) is 0 Å². The highest BCUT2D eigenvalue weighted by atomic mass is 32.2. The molecule has 2 aromatic heterocycles. The molecule has 0 aliphatic carbocycles. The van der Waals surface area contributed by atoms with Gasteiger partial charge in [-0.15, -0.1) is 0 Å². The molecule has 0 unspecified atom stereocenters. The Morgan fingerprint density at radius 1 is 0.917 bits per heavy atom. The van der Waals surface area contributed by atoms with Crippen LogP contribution in [0.4, 0.5) is 0 Å². The zero-order chi connectivity index (χ0) is 17.0. The molecule has 0 bridgehead atoms. The number of sulfonamides is 1. The van der Waals surface area contributed by atoms with Gasteiger partial charge in [-0.3, -0.25) is 0 Å². The highest BCUT2D eigenvalue weighted by molar-refractivity contribution is 7.89. The number of nitriles is 1. The van der Waals surface area contributed by atoms with Crippen molar-refractivity contribution >= 4 is 10.0 Å². The second-order valence-corrected chi connectivity index (χ2v) is 6.95. The van der Waals surface area contributed by atoms with Crippen LogP contribution in [0.2, 0.25) is 0 Å². The first-order valence-corrected chi connectivity index (χ1v) is 8.59. The Bertz CT molecular complexity index is 903. The number of rotatable bonds is 6. The van der Waals surface area contributed by atoms with Crippen molar-refractivity contribution < 1.29 is 17.3 Å². The van der Waals surface area contributed by atoms with Gasteiger partial charge in [-0.05, 0) is 36.4 Å². The van der Waals surface area contributed by atoms with E-state index in [4.69, 9.17) is 8.83 Å². The van der Waals surface area contributed by atoms with Gasteiger partial charge in [0.25, 0.3) is 0 Å². The normalized spacial score (nSPS) is 11.5. The van der Waals surface area contributed by atoms with Gasteiger partial charge in [0.1, 0.15) is 17.6 Å². The zero-order valence-corrected chi connectivity index (χ0v) is 13.4. The van der Waals surface area contributed by atoms with Crippen molar-refractivity contribution in [2.24, 2.45) is 0 Å². The van der Waals surface area contributed by atoms with Crippen molar-refractivity contribution in [3.63, 3.8) is 0 Å². The van der Waals surface area contributed by atoms with Gasteiger partial charge in [0, 0.05) is 0 Å². The van der Waals surface area contributed by atoms with Gasteiger partial charge in [-0.25, -0.2) is 8.42 Å². The zero-order valence-electron chi connectivity index (χ0n) is 12.6. The van der Waals surface area contributed by atoms with Gasteiger partial charge in [0.15, 0.2) is 0 Å². The maximum Gasteiger partial charge on any atom is 0.245 e. The lowest BCUT2D eigenvalue weighted by Gasteiger charge is -2.20. The van der Waals surface area contributed by atoms with E-state index in [2.05, 4.69) is 0 Å². The van der Waals surface area contributed by atoms with Gasteiger partial charge < -0.3 is 8.83 Å². The minimum Gasteiger partial charge on any atom is -0.468 e. The number of hydrogen-bond acceptors (Lipinski definition) is 5. The van der Waals surface area contributed by atoms with Crippen molar-refractivity contribution in [2.45, 2.75) is 18.0 Å². The fourth-order valence-corrected chi connectivity index (χ4v) is 3.82. The molecule has 3 aromatic rings. The Labute approximate surface area is 139 Å². The predicted octanol–water partition coefficient (Wildman–Crippen LogP) is 3.14. The summed E-state index contributed by atoms with van der Waals surface area (Å²) in [4.78, 5) is -0.0365. The summed E-state index contributed by atoms with van der Waals surface area (Å²) in [5.74, 6) is 0.999. The molecular formula is C17H14N2O4S. The van der Waals surface area contributed by atoms with E-state index in [-0.39, 0.29) is 23.5 Å². The van der Waals surface area contributed by atoms with Crippen molar-refractivity contribution in [2.75, 3.05) is 0 Å². The van der Waals surface area contributed by atoms with E-state index in [1.54, 1.807) is 36.4 Å². The molecule has 0 N–H and O–H groups in total. The van der Waals surface area contributed by atoms with E-state index in [0.717, 1.165) is 0 Å². The van der Waals surface area contributed by atoms with Crippen molar-refractivity contribution in [1.82, 2.24) is 4.31 Å². The average molecular weight is 342 g/mol. The molecule has 3 rings (SSSR count). The van der Waals surface area contributed by atoms with Crippen molar-refractivity contribution in [3.8, 4) is 6.07 Å². The molecule has 0 aliphatic heterocycles. The molecule has 0 fully saturated rings. The van der Waals surface area contributed by atoms with E-state index in [1.165, 1.54) is 29.0 Å². The van der Waals surface area contributed by atoms with Crippen molar-refractivity contribution in [3.05, 3.63) is 78.1 Å². The van der Waals surface area contributed by atoms with Crippen LogP contribution >= 0.6 is 0 Å². The van der Waals surface area contributed by atoms with Crippen LogP contribution < -0.4 is 0 Å². The van der Waals surface area contributed by atoms with Crippen LogP contribution in [0.15, 0.2) is 74.8 Å². The molecule has 0 spiro atoms. The summed E-state index contributed by atoms with van der Waals surface area (Å²) in [6, 6.07) is 14.8. The Morgan fingerprint density at radius 2 is 1.50 bits per heavy atom. The monoisotopic (exact) mass is 342 g/mol. The minimum atomic E-state index is -3.91. The first-order chi connectivity index (χ1) is 11.6. The standard InChI is InChI=1S/C17H14N2O4S/c18-11-14-5-1-2-8-17(14)24(20,21)19(12-15-6-3-9-22-15)13-16-7-4-10-23-16/h1-10H,12-13H2. The van der Waals surface area contributed by atoms with Crippen LogP contribution in [0.25, 0.3) is 0 Å². The first kappa shape index (κ1) is 16.1. The number of furan rings is 2. The van der Waals surface area contributed by atoms with Gasteiger partial charge in [0.05, 0.1) is 36.1 Å². The third-order valence-electron chi connectivity index (χ3n) is 3.45. The lowest BCUT2D eigenvalue weighted by molar-refractivity contribution is 0.330. The van der Waals surface area contributed by atoms with Crippen molar-refractivity contribution in [1.29, 1.82) is 5.26 Å². The lowest BCUT2D eigenvalue weighted by Crippen LogP contribution is -2.30. The third-order valence-corrected chi connectivity index (χ3v) is 5.30. The molecule has 24 heavy (non-hydrogen) atoms. The highest BCUT2D eigenvalue weighted by Gasteiger charge is 2.28. The predicted molar refractivity (Wildman–Crippen MR) is 85.0 cm³/mol. The van der Waals surface area contributed by atoms with Gasteiger partial charge >= 0.3 is 0 Å². The fourth-order valence-electron chi connectivity index (χ4n) is 2.30. The second kappa shape index (κ2) is 6.74. The molecule has 0 atom stereocenters. The minimum absolute atomic E-state index is 0.0365. The lowest BCUT2D eigenvalue weighted by atomic mass is 10.2. The Hall–Kier alpha value is -2.82. The molecule has 2 heterocycles. The largest absolute Gasteiger partial charge is 0.468 e. The second-order valence-electron chi connectivity index (χ2n) is 5.04. The smallest absolute Gasteiger partial charge is 0.245 e. The Morgan fingerprint density at radius 3 is 2.00 bits per heavy atom. The summed E-state index contributed by atoms with van der Waals surface area (Å²) >= 11 is 0. The number of benzene rings is 1. The van der Waals surface area contributed by atoms with Gasteiger partial charge in [0.2, 0.25) is 10.0 Å². The summed E-state index contributed by atoms with van der Waals surface area (Å²) in [6.45, 7) is 0.0750.